The van der Waals surface area contributed by atoms with Gasteiger partial charge in [-0.1, -0.05) is 19.3 Å². The van der Waals surface area contributed by atoms with E-state index < -0.39 is 20.5 Å². The highest BCUT2D eigenvalue weighted by Gasteiger charge is 2.33. The molecule has 1 aromatic rings. The average Bonchev–Trinajstić information content (AvgIpc) is 2.37. The Labute approximate surface area is 123 Å². The van der Waals surface area contributed by atoms with Gasteiger partial charge in [-0.2, -0.15) is 0 Å². The molecule has 0 spiro atoms. The minimum Gasteiger partial charge on any atom is -0.397 e. The molecule has 21 heavy (non-hydrogen) atoms. The lowest BCUT2D eigenvalue weighted by molar-refractivity contribution is -0.384. The zero-order valence-electron chi connectivity index (χ0n) is 11.8. The van der Waals surface area contributed by atoms with Gasteiger partial charge < -0.3 is 5.73 Å². The fourth-order valence-electron chi connectivity index (χ4n) is 2.71. The molecule has 2 rings (SSSR count). The summed E-state index contributed by atoms with van der Waals surface area (Å²) >= 11 is 0. The fraction of sp³-hybridized carbons (Fsp3) is 0.538. The van der Waals surface area contributed by atoms with Crippen molar-refractivity contribution in [3.63, 3.8) is 0 Å². The summed E-state index contributed by atoms with van der Waals surface area (Å²) in [6, 6.07) is 3.40. The Morgan fingerprint density at radius 1 is 1.29 bits per heavy atom. The molecule has 0 saturated heterocycles. The maximum absolute atomic E-state index is 12.4. The van der Waals surface area contributed by atoms with Crippen LogP contribution in [0.25, 0.3) is 0 Å². The number of benzene rings is 1. The van der Waals surface area contributed by atoms with Crippen molar-refractivity contribution in [1.29, 1.82) is 0 Å². The first-order valence-electron chi connectivity index (χ1n) is 6.81. The number of nitrogen functional groups attached to an aromatic ring is 1. The van der Waals surface area contributed by atoms with Gasteiger partial charge in [0.15, 0.2) is 0 Å². The van der Waals surface area contributed by atoms with Gasteiger partial charge in [-0.15, -0.1) is 0 Å². The van der Waals surface area contributed by atoms with Crippen LogP contribution in [0, 0.1) is 10.1 Å². The Morgan fingerprint density at radius 2 is 1.90 bits per heavy atom. The van der Waals surface area contributed by atoms with E-state index in [9.17, 15) is 18.5 Å². The van der Waals surface area contributed by atoms with E-state index in [0.717, 1.165) is 44.2 Å². The standard InChI is InChI=1S/C13H19N3O4S/c1-13(7-3-2-4-8-13)15-21(19,20)12-6-5-10(16(17)18)9-11(12)14/h5-6,9,15H,2-4,7-8,14H2,1H3. The summed E-state index contributed by atoms with van der Waals surface area (Å²) in [6.07, 6.45) is 4.62. The number of nitrogens with zero attached hydrogens (tertiary/aromatic N) is 1. The first kappa shape index (κ1) is 15.7. The van der Waals surface area contributed by atoms with Crippen LogP contribution in [0.3, 0.4) is 0 Å². The minimum atomic E-state index is -3.79. The molecule has 1 aromatic carbocycles. The third-order valence-electron chi connectivity index (χ3n) is 3.83. The Kier molecular flexibility index (Phi) is 4.20. The molecule has 0 bridgehead atoms. The van der Waals surface area contributed by atoms with Crippen LogP contribution in [0.15, 0.2) is 23.1 Å². The average molecular weight is 313 g/mol. The highest BCUT2D eigenvalue weighted by molar-refractivity contribution is 7.89. The van der Waals surface area contributed by atoms with Crippen molar-refractivity contribution in [2.24, 2.45) is 0 Å². The Hall–Kier alpha value is -1.67. The van der Waals surface area contributed by atoms with E-state index in [0.29, 0.717) is 0 Å². The summed E-state index contributed by atoms with van der Waals surface area (Å²) in [7, 11) is -3.79. The van der Waals surface area contributed by atoms with Gasteiger partial charge in [-0.25, -0.2) is 13.1 Å². The van der Waals surface area contributed by atoms with Gasteiger partial charge in [0.1, 0.15) is 4.90 Å². The fourth-order valence-corrected chi connectivity index (χ4v) is 4.29. The predicted octanol–water partition coefficient (Wildman–Crippen LogP) is 2.18. The molecule has 1 saturated carbocycles. The van der Waals surface area contributed by atoms with Gasteiger partial charge in [0.25, 0.3) is 5.69 Å². The van der Waals surface area contributed by atoms with Crippen LogP contribution >= 0.6 is 0 Å². The number of rotatable bonds is 4. The molecule has 0 atom stereocenters. The minimum absolute atomic E-state index is 0.111. The number of non-ortho nitro benzene ring substituents is 1. The number of nitro groups is 1. The molecule has 0 aliphatic heterocycles. The molecule has 1 aliphatic carbocycles. The topological polar surface area (TPSA) is 115 Å². The van der Waals surface area contributed by atoms with Crippen molar-refractivity contribution in [2.75, 3.05) is 5.73 Å². The monoisotopic (exact) mass is 313 g/mol. The SMILES string of the molecule is CC1(NS(=O)(=O)c2ccc([N+](=O)[O-])cc2N)CCCCC1. The molecular weight excluding hydrogens is 294 g/mol. The second kappa shape index (κ2) is 5.61. The van der Waals surface area contributed by atoms with Crippen LogP contribution < -0.4 is 10.5 Å². The van der Waals surface area contributed by atoms with Gasteiger partial charge in [-0.3, -0.25) is 10.1 Å². The van der Waals surface area contributed by atoms with Gasteiger partial charge in [0, 0.05) is 17.7 Å². The van der Waals surface area contributed by atoms with E-state index in [1.165, 1.54) is 6.07 Å². The largest absolute Gasteiger partial charge is 0.397 e. The Morgan fingerprint density at radius 3 is 2.43 bits per heavy atom. The molecule has 1 aliphatic rings. The second-order valence-electron chi connectivity index (χ2n) is 5.71. The smallest absolute Gasteiger partial charge is 0.271 e. The Balaban J connectivity index is 2.29. The first-order chi connectivity index (χ1) is 9.73. The number of anilines is 1. The third kappa shape index (κ3) is 3.51. The molecule has 0 amide bonds. The zero-order chi connectivity index (χ0) is 15.7. The van der Waals surface area contributed by atoms with Crippen molar-refractivity contribution < 1.29 is 13.3 Å². The zero-order valence-corrected chi connectivity index (χ0v) is 12.6. The van der Waals surface area contributed by atoms with Crippen LogP contribution in [0.1, 0.15) is 39.0 Å². The predicted molar refractivity (Wildman–Crippen MR) is 79.3 cm³/mol. The lowest BCUT2D eigenvalue weighted by Crippen LogP contribution is -2.47. The first-order valence-corrected chi connectivity index (χ1v) is 8.30. The number of nitrogens with two attached hydrogens (primary N) is 1. The van der Waals surface area contributed by atoms with Gasteiger partial charge in [0.2, 0.25) is 10.0 Å². The Bertz CT molecular complexity index is 651. The molecule has 0 aromatic heterocycles. The number of sulfonamides is 1. The van der Waals surface area contributed by atoms with Gasteiger partial charge in [-0.05, 0) is 25.8 Å². The van der Waals surface area contributed by atoms with Crippen LogP contribution in [0.2, 0.25) is 0 Å². The summed E-state index contributed by atoms with van der Waals surface area (Å²) in [5.41, 5.74) is 4.85. The van der Waals surface area contributed by atoms with Crippen LogP contribution in [0.5, 0.6) is 0 Å². The van der Waals surface area contributed by atoms with Crippen molar-refractivity contribution >= 4 is 21.4 Å². The molecule has 8 heteroatoms. The second-order valence-corrected chi connectivity index (χ2v) is 7.36. The van der Waals surface area contributed by atoms with E-state index in [2.05, 4.69) is 4.72 Å². The van der Waals surface area contributed by atoms with Crippen molar-refractivity contribution in [1.82, 2.24) is 4.72 Å². The molecule has 0 heterocycles. The molecule has 0 unspecified atom stereocenters. The highest BCUT2D eigenvalue weighted by Crippen LogP contribution is 2.31. The normalized spacial score (nSPS) is 18.3. The van der Waals surface area contributed by atoms with Crippen LogP contribution in [-0.4, -0.2) is 18.9 Å². The number of nitrogens with one attached hydrogen (secondary N) is 1. The van der Waals surface area contributed by atoms with E-state index in [-0.39, 0.29) is 16.3 Å². The van der Waals surface area contributed by atoms with E-state index in [1.54, 1.807) is 0 Å². The maximum Gasteiger partial charge on any atom is 0.271 e. The summed E-state index contributed by atoms with van der Waals surface area (Å²) in [5.74, 6) is 0. The lowest BCUT2D eigenvalue weighted by atomic mass is 9.84. The van der Waals surface area contributed by atoms with E-state index >= 15 is 0 Å². The molecule has 7 nitrogen and oxygen atoms in total. The van der Waals surface area contributed by atoms with E-state index in [1.807, 2.05) is 6.92 Å². The van der Waals surface area contributed by atoms with Crippen LogP contribution in [0.4, 0.5) is 11.4 Å². The van der Waals surface area contributed by atoms with Crippen molar-refractivity contribution in [2.45, 2.75) is 49.5 Å². The number of hydrogen-bond acceptors (Lipinski definition) is 5. The summed E-state index contributed by atoms with van der Waals surface area (Å²) < 4.78 is 27.6. The van der Waals surface area contributed by atoms with E-state index in [4.69, 9.17) is 5.73 Å². The van der Waals surface area contributed by atoms with Crippen molar-refractivity contribution in [3.05, 3.63) is 28.3 Å². The quantitative estimate of drug-likeness (QED) is 0.502. The number of nitro benzene ring substituents is 1. The van der Waals surface area contributed by atoms with Gasteiger partial charge >= 0.3 is 0 Å². The number of hydrogen-bond donors (Lipinski definition) is 2. The van der Waals surface area contributed by atoms with Crippen molar-refractivity contribution in [3.8, 4) is 0 Å². The molecule has 116 valence electrons. The molecular formula is C13H19N3O4S. The summed E-state index contributed by atoms with van der Waals surface area (Å²) in [4.78, 5) is 9.95. The molecule has 1 fully saturated rings. The molecule has 0 radical (unpaired) electrons. The highest BCUT2D eigenvalue weighted by atomic mass is 32.2. The summed E-state index contributed by atoms with van der Waals surface area (Å²) in [6.45, 7) is 1.88. The third-order valence-corrected chi connectivity index (χ3v) is 5.54. The van der Waals surface area contributed by atoms with Gasteiger partial charge in [0.05, 0.1) is 10.6 Å². The lowest BCUT2D eigenvalue weighted by Gasteiger charge is -2.34. The summed E-state index contributed by atoms with van der Waals surface area (Å²) in [5, 5.41) is 10.7. The molecule has 3 N–H and O–H groups in total. The van der Waals surface area contributed by atoms with Crippen LogP contribution in [-0.2, 0) is 10.0 Å². The maximum atomic E-state index is 12.4.